The summed E-state index contributed by atoms with van der Waals surface area (Å²) in [6.07, 6.45) is 3.09. The van der Waals surface area contributed by atoms with E-state index >= 15 is 0 Å². The number of carbonyl (C=O) groups excluding carboxylic acids is 1. The average Bonchev–Trinajstić information content (AvgIpc) is 3.66. The highest BCUT2D eigenvalue weighted by atomic mass is 32.2. The van der Waals surface area contributed by atoms with Crippen LogP contribution >= 0.6 is 0 Å². The lowest BCUT2D eigenvalue weighted by atomic mass is 10.1. The zero-order chi connectivity index (χ0) is 24.8. The summed E-state index contributed by atoms with van der Waals surface area (Å²) in [5.41, 5.74) is 1.05. The van der Waals surface area contributed by atoms with Crippen LogP contribution in [0.2, 0.25) is 0 Å². The lowest BCUT2D eigenvalue weighted by molar-refractivity contribution is 0.0949. The molecule has 1 N–H and O–H groups in total. The molecule has 35 heavy (non-hydrogen) atoms. The summed E-state index contributed by atoms with van der Waals surface area (Å²) in [5.74, 6) is -0.306. The minimum atomic E-state index is -3.25. The number of nitriles is 1. The molecule has 1 spiro atoms. The molecule has 0 bridgehead atoms. The van der Waals surface area contributed by atoms with Crippen LogP contribution in [0.1, 0.15) is 47.2 Å². The number of nitrogens with zero attached hydrogens (tertiary/aromatic N) is 4. The van der Waals surface area contributed by atoms with Crippen molar-refractivity contribution in [3.8, 4) is 11.9 Å². The van der Waals surface area contributed by atoms with Gasteiger partial charge in [-0.2, -0.15) is 10.4 Å². The van der Waals surface area contributed by atoms with E-state index < -0.39 is 32.2 Å². The summed E-state index contributed by atoms with van der Waals surface area (Å²) in [6, 6.07) is 10.2. The van der Waals surface area contributed by atoms with Gasteiger partial charge in [0.2, 0.25) is 0 Å². The Kier molecular flexibility index (Phi) is 5.56. The molecule has 2 aliphatic rings. The number of nitrogens with one attached hydrogen (secondary N) is 1. The molecule has 1 aliphatic heterocycles. The van der Waals surface area contributed by atoms with E-state index in [1.54, 1.807) is 24.3 Å². The Morgan fingerprint density at radius 1 is 1.31 bits per heavy atom. The predicted octanol–water partition coefficient (Wildman–Crippen LogP) is 1.62. The fourth-order valence-corrected chi connectivity index (χ4v) is 6.96. The molecule has 1 unspecified atom stereocenters. The second kappa shape index (κ2) is 8.46. The topological polar surface area (TPSA) is 144 Å². The Balaban J connectivity index is 1.42. The highest BCUT2D eigenvalue weighted by Crippen LogP contribution is 2.52. The standard InChI is InChI=1S/C24H23N5O5S/c1-29-20-17(11-18(23(29)31)21(30)26-13-16-6-4-15(12-25)5-7-16)14-27-28-22(20)34-19-3-2-10-35(32,33)24(19)8-9-24/h4-7,11,14,19H,2-3,8-10,13H2,1H3,(H,26,30). The van der Waals surface area contributed by atoms with Gasteiger partial charge in [-0.1, -0.05) is 12.1 Å². The highest BCUT2D eigenvalue weighted by Gasteiger charge is 2.62. The summed E-state index contributed by atoms with van der Waals surface area (Å²) in [4.78, 5) is 25.9. The number of hydrogen-bond donors (Lipinski definition) is 1. The first-order valence-electron chi connectivity index (χ1n) is 11.3. The second-order valence-electron chi connectivity index (χ2n) is 9.00. The lowest BCUT2D eigenvalue weighted by Crippen LogP contribution is -2.45. The number of fused-ring (bicyclic) bond motifs is 1. The Labute approximate surface area is 201 Å². The summed E-state index contributed by atoms with van der Waals surface area (Å²) in [6.45, 7) is 0.187. The van der Waals surface area contributed by atoms with Crippen LogP contribution in [0, 0.1) is 11.3 Å². The number of ether oxygens (including phenoxy) is 1. The molecule has 1 aliphatic carbocycles. The van der Waals surface area contributed by atoms with Gasteiger partial charge in [0.25, 0.3) is 17.3 Å². The molecule has 1 saturated carbocycles. The maximum absolute atomic E-state index is 13.1. The molecule has 1 aromatic carbocycles. The first-order chi connectivity index (χ1) is 16.8. The third-order valence-electron chi connectivity index (χ3n) is 6.85. The molecule has 1 saturated heterocycles. The number of aromatic nitrogens is 3. The number of carbonyl (C=O) groups is 1. The van der Waals surface area contributed by atoms with Crippen LogP contribution < -0.4 is 15.6 Å². The van der Waals surface area contributed by atoms with Crippen molar-refractivity contribution in [2.45, 2.75) is 43.1 Å². The van der Waals surface area contributed by atoms with Crippen LogP contribution in [-0.2, 0) is 23.4 Å². The van der Waals surface area contributed by atoms with Gasteiger partial charge in [-0.25, -0.2) is 8.42 Å². The molecule has 180 valence electrons. The van der Waals surface area contributed by atoms with Gasteiger partial charge in [-0.05, 0) is 49.4 Å². The minimum Gasteiger partial charge on any atom is -0.470 e. The van der Waals surface area contributed by atoms with Crippen LogP contribution in [-0.4, -0.2) is 45.7 Å². The summed E-state index contributed by atoms with van der Waals surface area (Å²) in [5, 5.41) is 20.1. The summed E-state index contributed by atoms with van der Waals surface area (Å²) in [7, 11) is -1.74. The van der Waals surface area contributed by atoms with Gasteiger partial charge in [0.05, 0.1) is 23.6 Å². The van der Waals surface area contributed by atoms with Crippen LogP contribution in [0.3, 0.4) is 0 Å². The van der Waals surface area contributed by atoms with E-state index in [1.807, 2.05) is 6.07 Å². The van der Waals surface area contributed by atoms with Crippen LogP contribution in [0.25, 0.3) is 10.9 Å². The largest absolute Gasteiger partial charge is 0.470 e. The fraction of sp³-hybridized carbons (Fsp3) is 0.375. The van der Waals surface area contributed by atoms with Crippen molar-refractivity contribution >= 4 is 26.6 Å². The first kappa shape index (κ1) is 23.0. The Morgan fingerprint density at radius 2 is 2.06 bits per heavy atom. The van der Waals surface area contributed by atoms with Gasteiger partial charge in [0.15, 0.2) is 9.84 Å². The molecule has 1 amide bonds. The highest BCUT2D eigenvalue weighted by molar-refractivity contribution is 7.93. The number of hydrogen-bond acceptors (Lipinski definition) is 8. The van der Waals surface area contributed by atoms with E-state index in [4.69, 9.17) is 10.00 Å². The van der Waals surface area contributed by atoms with Crippen LogP contribution in [0.15, 0.2) is 41.3 Å². The zero-order valence-electron chi connectivity index (χ0n) is 19.0. The van der Waals surface area contributed by atoms with Crippen molar-refractivity contribution in [1.82, 2.24) is 20.1 Å². The molecule has 5 rings (SSSR count). The summed E-state index contributed by atoms with van der Waals surface area (Å²) < 4.78 is 31.8. The molecule has 2 fully saturated rings. The Morgan fingerprint density at radius 3 is 2.74 bits per heavy atom. The van der Waals surface area contributed by atoms with Crippen molar-refractivity contribution in [3.05, 3.63) is 63.6 Å². The smallest absolute Gasteiger partial charge is 0.263 e. The van der Waals surface area contributed by atoms with Gasteiger partial charge in [0.1, 0.15) is 21.9 Å². The molecule has 3 aromatic rings. The Hall–Kier alpha value is -3.78. The van der Waals surface area contributed by atoms with Gasteiger partial charge in [0, 0.05) is 19.0 Å². The third kappa shape index (κ3) is 3.93. The lowest BCUT2D eigenvalue weighted by Gasteiger charge is -2.31. The van der Waals surface area contributed by atoms with Crippen molar-refractivity contribution in [3.63, 3.8) is 0 Å². The Bertz CT molecular complexity index is 1540. The molecular formula is C24H23N5O5S. The molecule has 2 aromatic heterocycles. The number of amides is 1. The average molecular weight is 494 g/mol. The van der Waals surface area contributed by atoms with Gasteiger partial charge >= 0.3 is 0 Å². The van der Waals surface area contributed by atoms with E-state index in [9.17, 15) is 18.0 Å². The maximum Gasteiger partial charge on any atom is 0.263 e. The van der Waals surface area contributed by atoms with E-state index in [2.05, 4.69) is 15.5 Å². The van der Waals surface area contributed by atoms with E-state index in [1.165, 1.54) is 23.9 Å². The van der Waals surface area contributed by atoms with Crippen molar-refractivity contribution in [2.24, 2.45) is 7.05 Å². The van der Waals surface area contributed by atoms with Gasteiger partial charge in [-0.15, -0.1) is 5.10 Å². The van der Waals surface area contributed by atoms with E-state index in [0.29, 0.717) is 42.1 Å². The first-order valence-corrected chi connectivity index (χ1v) is 12.9. The molecule has 11 heteroatoms. The summed E-state index contributed by atoms with van der Waals surface area (Å²) >= 11 is 0. The molecule has 3 heterocycles. The number of benzene rings is 1. The monoisotopic (exact) mass is 493 g/mol. The SMILES string of the molecule is Cn1c(=O)c(C(=O)NCc2ccc(C#N)cc2)cc2cnnc(OC3CCCS(=O)(=O)C34CC4)c21. The van der Waals surface area contributed by atoms with Crippen molar-refractivity contribution in [2.75, 3.05) is 5.75 Å². The third-order valence-corrected chi connectivity index (χ3v) is 9.59. The molecular weight excluding hydrogens is 470 g/mol. The van der Waals surface area contributed by atoms with Crippen molar-refractivity contribution < 1.29 is 17.9 Å². The fourth-order valence-electron chi connectivity index (χ4n) is 4.72. The number of pyridine rings is 1. The van der Waals surface area contributed by atoms with E-state index in [0.717, 1.165) is 5.56 Å². The van der Waals surface area contributed by atoms with E-state index in [-0.39, 0.29) is 23.7 Å². The zero-order valence-corrected chi connectivity index (χ0v) is 19.8. The number of aryl methyl sites for hydroxylation is 1. The molecule has 0 radical (unpaired) electrons. The van der Waals surface area contributed by atoms with Gasteiger partial charge < -0.3 is 14.6 Å². The van der Waals surface area contributed by atoms with Crippen LogP contribution in [0.5, 0.6) is 5.88 Å². The number of sulfone groups is 1. The maximum atomic E-state index is 13.1. The number of rotatable bonds is 5. The van der Waals surface area contributed by atoms with Crippen molar-refractivity contribution in [1.29, 1.82) is 5.26 Å². The quantitative estimate of drug-likeness (QED) is 0.565. The molecule has 1 atom stereocenters. The van der Waals surface area contributed by atoms with Crippen LogP contribution in [0.4, 0.5) is 0 Å². The second-order valence-corrected chi connectivity index (χ2v) is 11.5. The minimum absolute atomic E-state index is 0.0634. The van der Waals surface area contributed by atoms with Gasteiger partial charge in [-0.3, -0.25) is 9.59 Å². The predicted molar refractivity (Wildman–Crippen MR) is 127 cm³/mol. The molecule has 10 nitrogen and oxygen atoms in total. The normalized spacial score (nSPS) is 19.7.